The molecule has 0 saturated carbocycles. The Kier molecular flexibility index (Phi) is 3.84. The molecule has 0 radical (unpaired) electrons. The van der Waals surface area contributed by atoms with Crippen LogP contribution in [0.2, 0.25) is 0 Å². The molecule has 3 aromatic rings. The molecule has 0 aromatic carbocycles. The monoisotopic (exact) mass is 332 g/mol. The molecule has 1 amide bonds. The number of aromatic nitrogens is 2. The Morgan fingerprint density at radius 3 is 2.77 bits per heavy atom. The van der Waals surface area contributed by atoms with E-state index in [0.29, 0.717) is 11.6 Å². The smallest absolute Gasteiger partial charge is 0.239 e. The molecule has 3 heterocycles. The highest BCUT2D eigenvalue weighted by atomic mass is 32.1. The summed E-state index contributed by atoms with van der Waals surface area (Å²) in [5.41, 5.74) is 6.50. The molecular weight excluding hydrogens is 316 g/mol. The van der Waals surface area contributed by atoms with E-state index in [0.717, 1.165) is 20.7 Å². The van der Waals surface area contributed by atoms with Gasteiger partial charge in [-0.15, -0.1) is 22.7 Å². The number of nitrogens with zero attached hydrogens (tertiary/aromatic N) is 2. The Balaban J connectivity index is 2.19. The van der Waals surface area contributed by atoms with Gasteiger partial charge in [0.05, 0.1) is 10.3 Å². The summed E-state index contributed by atoms with van der Waals surface area (Å²) >= 11 is 3.23. The number of thiophene rings is 2. The number of amides is 1. The molecule has 0 aliphatic heterocycles. The van der Waals surface area contributed by atoms with Crippen LogP contribution in [0, 0.1) is 13.8 Å². The van der Waals surface area contributed by atoms with Gasteiger partial charge in [0.15, 0.2) is 5.82 Å². The second kappa shape index (κ2) is 5.66. The van der Waals surface area contributed by atoms with Crippen molar-refractivity contribution in [1.29, 1.82) is 0 Å². The lowest BCUT2D eigenvalue weighted by molar-refractivity contribution is -0.118. The summed E-state index contributed by atoms with van der Waals surface area (Å²) in [4.78, 5) is 23.8. The summed E-state index contributed by atoms with van der Waals surface area (Å²) < 4.78 is 0. The van der Waals surface area contributed by atoms with Gasteiger partial charge in [-0.2, -0.15) is 0 Å². The molecule has 0 bridgehead atoms. The van der Waals surface area contributed by atoms with Crippen LogP contribution in [0.3, 0.4) is 0 Å². The molecule has 3 rings (SSSR count). The van der Waals surface area contributed by atoms with Gasteiger partial charge in [-0.25, -0.2) is 9.97 Å². The maximum atomic E-state index is 11.4. The van der Waals surface area contributed by atoms with E-state index in [2.05, 4.69) is 22.2 Å². The molecule has 114 valence electrons. The minimum absolute atomic E-state index is 0.408. The van der Waals surface area contributed by atoms with Crippen molar-refractivity contribution in [3.8, 4) is 10.7 Å². The first-order valence-corrected chi connectivity index (χ1v) is 8.54. The van der Waals surface area contributed by atoms with Gasteiger partial charge < -0.3 is 11.1 Å². The van der Waals surface area contributed by atoms with Crippen molar-refractivity contribution >= 4 is 44.6 Å². The number of carbonyl (C=O) groups is 1. The molecule has 3 N–H and O–H groups in total. The SMILES string of the molecule is Cc1sc2nc(-c3cccs3)nc(NC(C)C(N)=O)c2c1C. The molecule has 22 heavy (non-hydrogen) atoms. The van der Waals surface area contributed by atoms with Gasteiger partial charge >= 0.3 is 0 Å². The Labute approximate surface area is 136 Å². The van der Waals surface area contributed by atoms with E-state index in [9.17, 15) is 4.79 Å². The Morgan fingerprint density at radius 2 is 2.14 bits per heavy atom. The first-order chi connectivity index (χ1) is 10.5. The van der Waals surface area contributed by atoms with E-state index in [1.165, 1.54) is 4.88 Å². The highest BCUT2D eigenvalue weighted by Gasteiger charge is 2.18. The third kappa shape index (κ3) is 2.57. The quantitative estimate of drug-likeness (QED) is 0.768. The van der Waals surface area contributed by atoms with Gasteiger partial charge in [-0.05, 0) is 37.8 Å². The van der Waals surface area contributed by atoms with Crippen molar-refractivity contribution in [2.75, 3.05) is 5.32 Å². The van der Waals surface area contributed by atoms with Crippen molar-refractivity contribution < 1.29 is 4.79 Å². The number of hydrogen-bond acceptors (Lipinski definition) is 6. The minimum atomic E-state index is -0.492. The van der Waals surface area contributed by atoms with Gasteiger partial charge in [0.2, 0.25) is 5.91 Å². The fourth-order valence-corrected chi connectivity index (χ4v) is 3.83. The summed E-state index contributed by atoms with van der Waals surface area (Å²) in [6, 6.07) is 3.46. The average molecular weight is 332 g/mol. The lowest BCUT2D eigenvalue weighted by Gasteiger charge is -2.13. The maximum Gasteiger partial charge on any atom is 0.239 e. The third-order valence-corrected chi connectivity index (χ3v) is 5.52. The molecule has 0 spiro atoms. The van der Waals surface area contributed by atoms with E-state index >= 15 is 0 Å². The number of rotatable bonds is 4. The predicted molar refractivity (Wildman–Crippen MR) is 92.5 cm³/mol. The standard InChI is InChI=1S/C15H16N4OS2/c1-7-9(3)22-15-11(7)14(17-8(2)12(16)20)18-13(19-15)10-5-4-6-21-10/h4-6,8H,1-3H3,(H2,16,20)(H,17,18,19). The number of aryl methyl sites for hydroxylation is 2. The second-order valence-electron chi connectivity index (χ2n) is 5.10. The van der Waals surface area contributed by atoms with Crippen LogP contribution >= 0.6 is 22.7 Å². The van der Waals surface area contributed by atoms with Gasteiger partial charge in [-0.1, -0.05) is 6.07 Å². The molecule has 3 aromatic heterocycles. The molecule has 7 heteroatoms. The summed E-state index contributed by atoms with van der Waals surface area (Å²) in [6.45, 7) is 5.84. The van der Waals surface area contributed by atoms with Crippen molar-refractivity contribution in [3.05, 3.63) is 28.0 Å². The van der Waals surface area contributed by atoms with Crippen molar-refractivity contribution in [2.24, 2.45) is 5.73 Å². The molecule has 5 nitrogen and oxygen atoms in total. The van der Waals surface area contributed by atoms with E-state index < -0.39 is 11.9 Å². The number of anilines is 1. The number of nitrogens with one attached hydrogen (secondary N) is 1. The van der Waals surface area contributed by atoms with Gasteiger partial charge in [0.25, 0.3) is 0 Å². The molecule has 0 aliphatic carbocycles. The third-order valence-electron chi connectivity index (χ3n) is 3.55. The van der Waals surface area contributed by atoms with E-state index in [1.807, 2.05) is 24.4 Å². The van der Waals surface area contributed by atoms with Crippen LogP contribution in [0.25, 0.3) is 20.9 Å². The van der Waals surface area contributed by atoms with Crippen LogP contribution < -0.4 is 11.1 Å². The number of primary amides is 1. The minimum Gasteiger partial charge on any atom is -0.368 e. The Hall–Kier alpha value is -1.99. The van der Waals surface area contributed by atoms with Crippen molar-refractivity contribution in [1.82, 2.24) is 9.97 Å². The second-order valence-corrected chi connectivity index (χ2v) is 7.26. The summed E-state index contributed by atoms with van der Waals surface area (Å²) in [5.74, 6) is 0.929. The average Bonchev–Trinajstić information content (AvgIpc) is 3.08. The van der Waals surface area contributed by atoms with Crippen molar-refractivity contribution in [2.45, 2.75) is 26.8 Å². The molecule has 1 unspecified atom stereocenters. The molecule has 0 saturated heterocycles. The summed E-state index contributed by atoms with van der Waals surface area (Å²) in [6.07, 6.45) is 0. The number of fused-ring (bicyclic) bond motifs is 1. The van der Waals surface area contributed by atoms with E-state index in [1.54, 1.807) is 29.6 Å². The zero-order valence-electron chi connectivity index (χ0n) is 12.5. The van der Waals surface area contributed by atoms with Crippen LogP contribution in [0.15, 0.2) is 17.5 Å². The van der Waals surface area contributed by atoms with Crippen LogP contribution in [-0.4, -0.2) is 21.9 Å². The predicted octanol–water partition coefficient (Wildman–Crippen LogP) is 3.32. The zero-order valence-corrected chi connectivity index (χ0v) is 14.1. The molecular formula is C15H16N4OS2. The van der Waals surface area contributed by atoms with Crippen LogP contribution in [0.5, 0.6) is 0 Å². The zero-order chi connectivity index (χ0) is 15.9. The molecule has 0 aliphatic rings. The highest BCUT2D eigenvalue weighted by Crippen LogP contribution is 2.35. The number of hydrogen-bond donors (Lipinski definition) is 2. The molecule has 1 atom stereocenters. The Morgan fingerprint density at radius 1 is 1.36 bits per heavy atom. The van der Waals surface area contributed by atoms with Crippen LogP contribution in [0.1, 0.15) is 17.4 Å². The fourth-order valence-electron chi connectivity index (χ4n) is 2.15. The summed E-state index contributed by atoms with van der Waals surface area (Å²) in [5, 5.41) is 6.09. The van der Waals surface area contributed by atoms with Gasteiger partial charge in [0, 0.05) is 4.88 Å². The topological polar surface area (TPSA) is 80.9 Å². The first kappa shape index (κ1) is 14.9. The first-order valence-electron chi connectivity index (χ1n) is 6.85. The van der Waals surface area contributed by atoms with E-state index in [-0.39, 0.29) is 0 Å². The van der Waals surface area contributed by atoms with E-state index in [4.69, 9.17) is 5.73 Å². The highest BCUT2D eigenvalue weighted by molar-refractivity contribution is 7.19. The van der Waals surface area contributed by atoms with Gasteiger partial charge in [-0.3, -0.25) is 4.79 Å². The lowest BCUT2D eigenvalue weighted by Crippen LogP contribution is -2.32. The Bertz CT molecular complexity index is 839. The largest absolute Gasteiger partial charge is 0.368 e. The van der Waals surface area contributed by atoms with Crippen LogP contribution in [0.4, 0.5) is 5.82 Å². The van der Waals surface area contributed by atoms with Crippen molar-refractivity contribution in [3.63, 3.8) is 0 Å². The van der Waals surface area contributed by atoms with Crippen LogP contribution in [-0.2, 0) is 4.79 Å². The maximum absolute atomic E-state index is 11.4. The van der Waals surface area contributed by atoms with Gasteiger partial charge in [0.1, 0.15) is 16.7 Å². The summed E-state index contributed by atoms with van der Waals surface area (Å²) in [7, 11) is 0. The number of carbonyl (C=O) groups excluding carboxylic acids is 1. The molecule has 0 fully saturated rings. The number of nitrogens with two attached hydrogens (primary N) is 1. The normalized spacial score (nSPS) is 12.5. The fraction of sp³-hybridized carbons (Fsp3) is 0.267. The lowest BCUT2D eigenvalue weighted by atomic mass is 10.2.